The highest BCUT2D eigenvalue weighted by molar-refractivity contribution is 4.91. The molecule has 100 valence electrons. The SMILES string of the molecule is CC1(NCC2(CN)CCOCC2)CCOCC1. The van der Waals surface area contributed by atoms with Gasteiger partial charge in [0.05, 0.1) is 0 Å². The molecule has 0 aliphatic carbocycles. The molecular weight excluding hydrogens is 216 g/mol. The van der Waals surface area contributed by atoms with Crippen molar-refractivity contribution in [3.05, 3.63) is 0 Å². The Morgan fingerprint density at radius 2 is 1.53 bits per heavy atom. The van der Waals surface area contributed by atoms with E-state index in [1.807, 2.05) is 0 Å². The fourth-order valence-electron chi connectivity index (χ4n) is 2.66. The molecule has 0 bridgehead atoms. The van der Waals surface area contributed by atoms with Crippen molar-refractivity contribution in [2.45, 2.75) is 38.1 Å². The monoisotopic (exact) mass is 242 g/mol. The van der Waals surface area contributed by atoms with Gasteiger partial charge in [0.25, 0.3) is 0 Å². The number of nitrogens with two attached hydrogens (primary N) is 1. The second kappa shape index (κ2) is 5.65. The van der Waals surface area contributed by atoms with E-state index in [4.69, 9.17) is 15.2 Å². The van der Waals surface area contributed by atoms with Gasteiger partial charge < -0.3 is 20.5 Å². The molecule has 0 aromatic rings. The maximum Gasteiger partial charge on any atom is 0.0483 e. The summed E-state index contributed by atoms with van der Waals surface area (Å²) in [6.07, 6.45) is 4.38. The van der Waals surface area contributed by atoms with Gasteiger partial charge in [-0.1, -0.05) is 0 Å². The Kier molecular flexibility index (Phi) is 4.42. The van der Waals surface area contributed by atoms with Crippen LogP contribution < -0.4 is 11.1 Å². The molecule has 0 saturated carbocycles. The third-order valence-corrected chi connectivity index (χ3v) is 4.47. The Bertz CT molecular complexity index is 234. The lowest BCUT2D eigenvalue weighted by molar-refractivity contribution is 0.00421. The van der Waals surface area contributed by atoms with E-state index in [9.17, 15) is 0 Å². The molecule has 0 radical (unpaired) electrons. The molecule has 3 N–H and O–H groups in total. The van der Waals surface area contributed by atoms with Crippen molar-refractivity contribution in [2.24, 2.45) is 11.1 Å². The minimum atomic E-state index is 0.235. The van der Waals surface area contributed by atoms with Gasteiger partial charge in [-0.15, -0.1) is 0 Å². The minimum absolute atomic E-state index is 0.235. The Balaban J connectivity index is 1.86. The molecule has 0 aromatic heterocycles. The highest BCUT2D eigenvalue weighted by Gasteiger charge is 2.34. The van der Waals surface area contributed by atoms with Crippen LogP contribution in [0.5, 0.6) is 0 Å². The Morgan fingerprint density at radius 1 is 1.00 bits per heavy atom. The highest BCUT2D eigenvalue weighted by atomic mass is 16.5. The molecule has 4 nitrogen and oxygen atoms in total. The third kappa shape index (κ3) is 3.41. The van der Waals surface area contributed by atoms with Crippen molar-refractivity contribution < 1.29 is 9.47 Å². The maximum absolute atomic E-state index is 5.98. The van der Waals surface area contributed by atoms with Crippen LogP contribution in [0.1, 0.15) is 32.6 Å². The second-order valence-electron chi connectivity index (χ2n) is 5.84. The van der Waals surface area contributed by atoms with E-state index in [0.29, 0.717) is 0 Å². The van der Waals surface area contributed by atoms with Gasteiger partial charge in [0, 0.05) is 38.5 Å². The van der Waals surface area contributed by atoms with Crippen molar-refractivity contribution >= 4 is 0 Å². The summed E-state index contributed by atoms with van der Waals surface area (Å²) in [4.78, 5) is 0. The Hall–Kier alpha value is -0.160. The van der Waals surface area contributed by atoms with Gasteiger partial charge in [-0.3, -0.25) is 0 Å². The van der Waals surface area contributed by atoms with Crippen LogP contribution in [0.15, 0.2) is 0 Å². The van der Waals surface area contributed by atoms with Crippen LogP contribution in [0.4, 0.5) is 0 Å². The molecule has 17 heavy (non-hydrogen) atoms. The fraction of sp³-hybridized carbons (Fsp3) is 1.00. The zero-order chi connectivity index (χ0) is 12.2. The lowest BCUT2D eigenvalue weighted by Crippen LogP contribution is -2.53. The summed E-state index contributed by atoms with van der Waals surface area (Å²) in [6.45, 7) is 7.56. The van der Waals surface area contributed by atoms with Crippen LogP contribution >= 0.6 is 0 Å². The van der Waals surface area contributed by atoms with E-state index >= 15 is 0 Å². The number of nitrogens with one attached hydrogen (secondary N) is 1. The van der Waals surface area contributed by atoms with Gasteiger partial charge in [-0.05, 0) is 44.6 Å². The molecule has 2 rings (SSSR count). The standard InChI is InChI=1S/C13H26N2O2/c1-12(2-6-16-7-3-12)15-11-13(10-14)4-8-17-9-5-13/h15H,2-11,14H2,1H3. The number of hydrogen-bond acceptors (Lipinski definition) is 4. The predicted molar refractivity (Wildman–Crippen MR) is 68.0 cm³/mol. The Labute approximate surface area is 104 Å². The zero-order valence-corrected chi connectivity index (χ0v) is 11.0. The van der Waals surface area contributed by atoms with Crippen LogP contribution in [-0.2, 0) is 9.47 Å². The fourth-order valence-corrected chi connectivity index (χ4v) is 2.66. The molecule has 4 heteroatoms. The van der Waals surface area contributed by atoms with Crippen LogP contribution in [0.3, 0.4) is 0 Å². The summed E-state index contributed by atoms with van der Waals surface area (Å²) in [6, 6.07) is 0. The molecule has 0 atom stereocenters. The quantitative estimate of drug-likeness (QED) is 0.769. The predicted octanol–water partition coefficient (Wildman–Crippen LogP) is 0.901. The first-order valence-electron chi connectivity index (χ1n) is 6.79. The lowest BCUT2D eigenvalue weighted by Gasteiger charge is -2.42. The van der Waals surface area contributed by atoms with Gasteiger partial charge in [0.1, 0.15) is 0 Å². The van der Waals surface area contributed by atoms with Crippen LogP contribution in [0, 0.1) is 5.41 Å². The molecule has 0 aromatic carbocycles. The molecule has 2 fully saturated rings. The molecule has 2 aliphatic rings. The smallest absolute Gasteiger partial charge is 0.0483 e. The number of rotatable bonds is 4. The van der Waals surface area contributed by atoms with Gasteiger partial charge in [0.2, 0.25) is 0 Å². The molecular formula is C13H26N2O2. The van der Waals surface area contributed by atoms with E-state index in [1.165, 1.54) is 0 Å². The first kappa shape index (κ1) is 13.3. The van der Waals surface area contributed by atoms with Crippen LogP contribution in [0.2, 0.25) is 0 Å². The zero-order valence-electron chi connectivity index (χ0n) is 11.0. The van der Waals surface area contributed by atoms with E-state index < -0.39 is 0 Å². The summed E-state index contributed by atoms with van der Waals surface area (Å²) >= 11 is 0. The lowest BCUT2D eigenvalue weighted by atomic mass is 9.79. The van der Waals surface area contributed by atoms with E-state index in [0.717, 1.165) is 65.2 Å². The largest absolute Gasteiger partial charge is 0.381 e. The average molecular weight is 242 g/mol. The number of hydrogen-bond donors (Lipinski definition) is 2. The van der Waals surface area contributed by atoms with Gasteiger partial charge in [0.15, 0.2) is 0 Å². The van der Waals surface area contributed by atoms with Crippen molar-refractivity contribution in [2.75, 3.05) is 39.5 Å². The topological polar surface area (TPSA) is 56.5 Å². The van der Waals surface area contributed by atoms with Crippen LogP contribution in [0.25, 0.3) is 0 Å². The molecule has 2 aliphatic heterocycles. The Morgan fingerprint density at radius 3 is 2.06 bits per heavy atom. The average Bonchev–Trinajstić information content (AvgIpc) is 2.39. The molecule has 0 unspecified atom stereocenters. The summed E-state index contributed by atoms with van der Waals surface area (Å²) in [7, 11) is 0. The van der Waals surface area contributed by atoms with Crippen molar-refractivity contribution in [3.8, 4) is 0 Å². The van der Waals surface area contributed by atoms with Gasteiger partial charge in [-0.2, -0.15) is 0 Å². The second-order valence-corrected chi connectivity index (χ2v) is 5.84. The van der Waals surface area contributed by atoms with Crippen molar-refractivity contribution in [1.29, 1.82) is 0 Å². The number of ether oxygens (including phenoxy) is 2. The van der Waals surface area contributed by atoms with E-state index in [-0.39, 0.29) is 11.0 Å². The van der Waals surface area contributed by atoms with Gasteiger partial charge in [-0.25, -0.2) is 0 Å². The first-order chi connectivity index (χ1) is 8.18. The molecule has 0 spiro atoms. The molecule has 2 saturated heterocycles. The van der Waals surface area contributed by atoms with E-state index in [2.05, 4.69) is 12.2 Å². The minimum Gasteiger partial charge on any atom is -0.381 e. The van der Waals surface area contributed by atoms with Crippen LogP contribution in [-0.4, -0.2) is 45.1 Å². The summed E-state index contributed by atoms with van der Waals surface area (Å²) in [5, 5.41) is 3.74. The molecule has 0 amide bonds. The maximum atomic E-state index is 5.98. The third-order valence-electron chi connectivity index (χ3n) is 4.47. The van der Waals surface area contributed by atoms with Crippen molar-refractivity contribution in [3.63, 3.8) is 0 Å². The van der Waals surface area contributed by atoms with Crippen molar-refractivity contribution in [1.82, 2.24) is 5.32 Å². The summed E-state index contributed by atoms with van der Waals surface area (Å²) in [5.74, 6) is 0. The van der Waals surface area contributed by atoms with E-state index in [1.54, 1.807) is 0 Å². The normalized spacial score (nSPS) is 27.9. The highest BCUT2D eigenvalue weighted by Crippen LogP contribution is 2.30. The summed E-state index contributed by atoms with van der Waals surface area (Å²) in [5.41, 5.74) is 6.46. The summed E-state index contributed by atoms with van der Waals surface area (Å²) < 4.78 is 10.9. The molecule has 2 heterocycles. The van der Waals surface area contributed by atoms with Gasteiger partial charge >= 0.3 is 0 Å². The first-order valence-corrected chi connectivity index (χ1v) is 6.79.